The highest BCUT2D eigenvalue weighted by molar-refractivity contribution is 6.15. The molecule has 2 aliphatic rings. The molecular formula is C29H24O9. The first-order chi connectivity index (χ1) is 18.4. The molecule has 1 atom stereocenters. The third-order valence-electron chi connectivity index (χ3n) is 6.52. The molecule has 3 aromatic carbocycles. The predicted octanol–water partition coefficient (Wildman–Crippen LogP) is 4.56. The van der Waals surface area contributed by atoms with E-state index >= 15 is 0 Å². The monoisotopic (exact) mass is 516 g/mol. The van der Waals surface area contributed by atoms with Crippen molar-refractivity contribution in [1.82, 2.24) is 0 Å². The normalized spacial score (nSPS) is 16.7. The van der Waals surface area contributed by atoms with Crippen molar-refractivity contribution in [2.75, 3.05) is 28.4 Å². The molecule has 9 nitrogen and oxygen atoms in total. The molecule has 2 heterocycles. The van der Waals surface area contributed by atoms with E-state index in [-0.39, 0.29) is 18.0 Å². The number of carbonyl (C=O) groups is 3. The van der Waals surface area contributed by atoms with Crippen molar-refractivity contribution in [1.29, 1.82) is 0 Å². The second-order valence-corrected chi connectivity index (χ2v) is 8.59. The van der Waals surface area contributed by atoms with Gasteiger partial charge in [0.25, 0.3) is 0 Å². The maximum absolute atomic E-state index is 13.3. The Morgan fingerprint density at radius 1 is 0.868 bits per heavy atom. The van der Waals surface area contributed by atoms with Gasteiger partial charge in [-0.05, 0) is 42.0 Å². The Morgan fingerprint density at radius 3 is 2.21 bits per heavy atom. The number of fused-ring (bicyclic) bond motifs is 3. The Morgan fingerprint density at radius 2 is 1.55 bits per heavy atom. The lowest BCUT2D eigenvalue weighted by molar-refractivity contribution is -0.135. The minimum atomic E-state index is -0.539. The Hall–Kier alpha value is -4.79. The maximum Gasteiger partial charge on any atom is 0.337 e. The number of Topliss-reactive ketones (excluding diaryl/α,β-unsaturated/α-hetero) is 1. The molecule has 3 aromatic rings. The van der Waals surface area contributed by atoms with Gasteiger partial charge in [0.15, 0.2) is 17.3 Å². The molecule has 0 fully saturated rings. The first-order valence-electron chi connectivity index (χ1n) is 11.7. The summed E-state index contributed by atoms with van der Waals surface area (Å²) in [7, 11) is 5.87. The van der Waals surface area contributed by atoms with Crippen LogP contribution in [-0.2, 0) is 9.53 Å². The topological polar surface area (TPSA) is 107 Å². The number of methoxy groups -OCH3 is 4. The van der Waals surface area contributed by atoms with Crippen molar-refractivity contribution in [2.24, 2.45) is 0 Å². The number of allylic oxidation sites excluding steroid dienone is 1. The molecule has 0 spiro atoms. The standard InChI is InChI=1S/C29H24O9/c1-33-21-14-23(35-3)22(34-2)12-18(21)19-13-25(30)37-20-10-9-17-27(31)24(38-28(17)26(19)20)11-15-5-7-16(8-6-15)29(32)36-4/h5-12,14,19H,13H2,1-4H3/b24-11-/t19-/m0/s1. The summed E-state index contributed by atoms with van der Waals surface area (Å²) in [5.74, 6) is 0.414. The van der Waals surface area contributed by atoms with Gasteiger partial charge in [-0.25, -0.2) is 4.79 Å². The second-order valence-electron chi connectivity index (χ2n) is 8.59. The summed E-state index contributed by atoms with van der Waals surface area (Å²) in [6.45, 7) is 0. The third-order valence-corrected chi connectivity index (χ3v) is 6.52. The van der Waals surface area contributed by atoms with Gasteiger partial charge in [0.2, 0.25) is 5.78 Å². The molecule has 2 aliphatic heterocycles. The minimum Gasteiger partial charge on any atom is -0.496 e. The van der Waals surface area contributed by atoms with E-state index in [0.29, 0.717) is 56.6 Å². The molecule has 38 heavy (non-hydrogen) atoms. The fraction of sp³-hybridized carbons (Fsp3) is 0.207. The summed E-state index contributed by atoms with van der Waals surface area (Å²) in [6.07, 6.45) is 1.59. The summed E-state index contributed by atoms with van der Waals surface area (Å²) in [4.78, 5) is 37.6. The van der Waals surface area contributed by atoms with Crippen LogP contribution < -0.4 is 23.7 Å². The van der Waals surface area contributed by atoms with Crippen LogP contribution in [0.25, 0.3) is 6.08 Å². The third kappa shape index (κ3) is 4.21. The van der Waals surface area contributed by atoms with Gasteiger partial charge < -0.3 is 28.4 Å². The molecule has 0 bridgehead atoms. The molecule has 9 heteroatoms. The zero-order valence-corrected chi connectivity index (χ0v) is 21.2. The van der Waals surface area contributed by atoms with Gasteiger partial charge in [-0.3, -0.25) is 9.59 Å². The molecule has 0 unspecified atom stereocenters. The zero-order chi connectivity index (χ0) is 27.0. The van der Waals surface area contributed by atoms with Gasteiger partial charge in [-0.1, -0.05) is 12.1 Å². The fourth-order valence-electron chi connectivity index (χ4n) is 4.68. The van der Waals surface area contributed by atoms with Crippen LogP contribution in [0.2, 0.25) is 0 Å². The molecule has 194 valence electrons. The lowest BCUT2D eigenvalue weighted by Crippen LogP contribution is -2.22. The SMILES string of the molecule is COC(=O)c1ccc(/C=C2\Oc3c(ccc4c3[C@H](c3cc(OC)c(OC)cc3OC)CC(=O)O4)C2=O)cc1. The van der Waals surface area contributed by atoms with Gasteiger partial charge in [-0.15, -0.1) is 0 Å². The highest BCUT2D eigenvalue weighted by Gasteiger charge is 2.39. The molecule has 0 saturated heterocycles. The highest BCUT2D eigenvalue weighted by Crippen LogP contribution is 2.51. The molecule has 5 rings (SSSR count). The lowest BCUT2D eigenvalue weighted by Gasteiger charge is -2.28. The average Bonchev–Trinajstić information content (AvgIpc) is 3.26. The Balaban J connectivity index is 1.59. The number of hydrogen-bond acceptors (Lipinski definition) is 9. The molecule has 0 radical (unpaired) electrons. The number of hydrogen-bond donors (Lipinski definition) is 0. The Kier molecular flexibility index (Phi) is 6.50. The van der Waals surface area contributed by atoms with Gasteiger partial charge in [-0.2, -0.15) is 0 Å². The quantitative estimate of drug-likeness (QED) is 0.265. The second kappa shape index (κ2) is 9.93. The van der Waals surface area contributed by atoms with Gasteiger partial charge >= 0.3 is 11.9 Å². The van der Waals surface area contributed by atoms with Crippen LogP contribution in [0.1, 0.15) is 49.7 Å². The van der Waals surface area contributed by atoms with Crippen molar-refractivity contribution < 1.29 is 42.8 Å². The molecule has 0 aromatic heterocycles. The van der Waals surface area contributed by atoms with Crippen LogP contribution in [-0.4, -0.2) is 46.2 Å². The number of carbonyl (C=O) groups excluding carboxylic acids is 3. The molecule has 0 saturated carbocycles. The number of ether oxygens (including phenoxy) is 6. The average molecular weight is 517 g/mol. The van der Waals surface area contributed by atoms with E-state index in [2.05, 4.69) is 0 Å². The number of ketones is 1. The minimum absolute atomic E-state index is 0.000878. The van der Waals surface area contributed by atoms with Crippen molar-refractivity contribution in [3.63, 3.8) is 0 Å². The molecular weight excluding hydrogens is 492 g/mol. The van der Waals surface area contributed by atoms with E-state index in [1.54, 1.807) is 54.6 Å². The van der Waals surface area contributed by atoms with E-state index in [4.69, 9.17) is 28.4 Å². The summed E-state index contributed by atoms with van der Waals surface area (Å²) >= 11 is 0. The van der Waals surface area contributed by atoms with Crippen molar-refractivity contribution in [2.45, 2.75) is 12.3 Å². The van der Waals surface area contributed by atoms with E-state index in [0.717, 1.165) is 0 Å². The Bertz CT molecular complexity index is 1480. The van der Waals surface area contributed by atoms with Crippen LogP contribution >= 0.6 is 0 Å². The number of esters is 2. The van der Waals surface area contributed by atoms with E-state index in [9.17, 15) is 14.4 Å². The summed E-state index contributed by atoms with van der Waals surface area (Å²) in [5, 5.41) is 0. The lowest BCUT2D eigenvalue weighted by atomic mass is 9.84. The van der Waals surface area contributed by atoms with Gasteiger partial charge in [0.05, 0.1) is 46.0 Å². The maximum atomic E-state index is 13.3. The van der Waals surface area contributed by atoms with Crippen LogP contribution in [0.5, 0.6) is 28.7 Å². The smallest absolute Gasteiger partial charge is 0.337 e. The molecule has 0 aliphatic carbocycles. The van der Waals surface area contributed by atoms with Crippen LogP contribution in [0.15, 0.2) is 54.3 Å². The van der Waals surface area contributed by atoms with Crippen LogP contribution in [0.3, 0.4) is 0 Å². The van der Waals surface area contributed by atoms with Gasteiger partial charge in [0, 0.05) is 23.1 Å². The van der Waals surface area contributed by atoms with Crippen LogP contribution in [0, 0.1) is 0 Å². The first kappa shape index (κ1) is 24.9. The highest BCUT2D eigenvalue weighted by atomic mass is 16.5. The van der Waals surface area contributed by atoms with Crippen molar-refractivity contribution in [3.8, 4) is 28.7 Å². The van der Waals surface area contributed by atoms with E-state index < -0.39 is 17.9 Å². The summed E-state index contributed by atoms with van der Waals surface area (Å²) in [5.41, 5.74) is 2.61. The molecule has 0 N–H and O–H groups in total. The van der Waals surface area contributed by atoms with E-state index in [1.165, 1.54) is 28.4 Å². The first-order valence-corrected chi connectivity index (χ1v) is 11.7. The van der Waals surface area contributed by atoms with Crippen molar-refractivity contribution >= 4 is 23.8 Å². The summed E-state index contributed by atoms with van der Waals surface area (Å²) in [6, 6.07) is 13.2. The van der Waals surface area contributed by atoms with Crippen LogP contribution in [0.4, 0.5) is 0 Å². The van der Waals surface area contributed by atoms with E-state index in [1.807, 2.05) is 0 Å². The number of benzene rings is 3. The Labute approximate surface area is 218 Å². The fourth-order valence-corrected chi connectivity index (χ4v) is 4.68. The van der Waals surface area contributed by atoms with Gasteiger partial charge in [0.1, 0.15) is 17.2 Å². The zero-order valence-electron chi connectivity index (χ0n) is 21.2. The number of rotatable bonds is 6. The largest absolute Gasteiger partial charge is 0.496 e. The summed E-state index contributed by atoms with van der Waals surface area (Å²) < 4.78 is 32.9. The predicted molar refractivity (Wildman–Crippen MR) is 135 cm³/mol. The molecule has 0 amide bonds. The van der Waals surface area contributed by atoms with Crippen molar-refractivity contribution in [3.05, 3.63) is 82.1 Å².